The fourth-order valence-corrected chi connectivity index (χ4v) is 2.62. The minimum atomic E-state index is -0.147. The summed E-state index contributed by atoms with van der Waals surface area (Å²) in [6.07, 6.45) is 4.15. The number of hydrogen-bond donors (Lipinski definition) is 2. The Morgan fingerprint density at radius 3 is 2.71 bits per heavy atom. The summed E-state index contributed by atoms with van der Waals surface area (Å²) in [7, 11) is 0. The summed E-state index contributed by atoms with van der Waals surface area (Å²) in [6, 6.07) is 7.57. The van der Waals surface area contributed by atoms with E-state index in [-0.39, 0.29) is 24.4 Å². The number of aromatic nitrogens is 2. The Bertz CT molecular complexity index is 658. The molecule has 0 aliphatic rings. The van der Waals surface area contributed by atoms with E-state index < -0.39 is 0 Å². The molecular weight excluding hydrogens is 347 g/mol. The van der Waals surface area contributed by atoms with Crippen LogP contribution in [0.15, 0.2) is 36.7 Å². The summed E-state index contributed by atoms with van der Waals surface area (Å²) >= 11 is 6.15. The summed E-state index contributed by atoms with van der Waals surface area (Å²) in [5.74, 6) is 0.332. The van der Waals surface area contributed by atoms with E-state index in [0.717, 1.165) is 12.0 Å². The Morgan fingerprint density at radius 2 is 2.08 bits per heavy atom. The maximum Gasteiger partial charge on any atom is 0.254 e. The molecule has 132 valence electrons. The van der Waals surface area contributed by atoms with Crippen LogP contribution in [0.5, 0.6) is 0 Å². The molecule has 2 rings (SSSR count). The quantitative estimate of drug-likeness (QED) is 0.786. The monoisotopic (exact) mass is 370 g/mol. The normalized spacial score (nSPS) is 11.9. The van der Waals surface area contributed by atoms with Crippen LogP contribution in [-0.2, 0) is 6.54 Å². The molecule has 0 aliphatic heterocycles. The van der Waals surface area contributed by atoms with E-state index in [2.05, 4.69) is 24.3 Å². The Morgan fingerprint density at radius 1 is 1.38 bits per heavy atom. The molecule has 0 radical (unpaired) electrons. The first-order valence-corrected chi connectivity index (χ1v) is 8.14. The first-order chi connectivity index (χ1) is 11.0. The van der Waals surface area contributed by atoms with Crippen LogP contribution in [0.4, 0.5) is 0 Å². The van der Waals surface area contributed by atoms with E-state index in [1.807, 2.05) is 24.3 Å². The minimum Gasteiger partial charge on any atom is -0.348 e. The minimum absolute atomic E-state index is 0. The lowest BCUT2D eigenvalue weighted by molar-refractivity contribution is 0.0933. The number of benzene rings is 1. The highest BCUT2D eigenvalue weighted by molar-refractivity contribution is 6.31. The van der Waals surface area contributed by atoms with Gasteiger partial charge in [0.15, 0.2) is 0 Å². The fraction of sp³-hybridized carbons (Fsp3) is 0.412. The van der Waals surface area contributed by atoms with Gasteiger partial charge < -0.3 is 11.1 Å². The highest BCUT2D eigenvalue weighted by Gasteiger charge is 2.15. The Hall–Kier alpha value is -1.56. The summed E-state index contributed by atoms with van der Waals surface area (Å²) in [5.41, 5.74) is 7.21. The number of hydrogen-bond acceptors (Lipinski definition) is 3. The van der Waals surface area contributed by atoms with Gasteiger partial charge in [-0.15, -0.1) is 12.4 Å². The number of halogens is 2. The van der Waals surface area contributed by atoms with E-state index in [1.165, 1.54) is 0 Å². The van der Waals surface area contributed by atoms with Crippen LogP contribution >= 0.6 is 24.0 Å². The summed E-state index contributed by atoms with van der Waals surface area (Å²) < 4.78 is 1.70. The summed E-state index contributed by atoms with van der Waals surface area (Å²) in [4.78, 5) is 12.3. The zero-order valence-corrected chi connectivity index (χ0v) is 15.5. The lowest BCUT2D eigenvalue weighted by atomic mass is 10.0. The highest BCUT2D eigenvalue weighted by atomic mass is 35.5. The molecule has 1 aromatic heterocycles. The number of amides is 1. The molecule has 3 N–H and O–H groups in total. The molecule has 0 saturated carbocycles. The van der Waals surface area contributed by atoms with Gasteiger partial charge in [0, 0.05) is 23.8 Å². The average Bonchev–Trinajstić information content (AvgIpc) is 2.97. The Balaban J connectivity index is 0.00000288. The summed E-state index contributed by atoms with van der Waals surface area (Å²) in [6.45, 7) is 5.17. The molecule has 1 amide bonds. The van der Waals surface area contributed by atoms with Crippen molar-refractivity contribution in [2.75, 3.05) is 6.54 Å². The smallest absolute Gasteiger partial charge is 0.254 e. The van der Waals surface area contributed by atoms with Gasteiger partial charge in [0.05, 0.1) is 18.3 Å². The zero-order chi connectivity index (χ0) is 16.8. The number of carbonyl (C=O) groups excluding carboxylic acids is 1. The molecule has 7 heteroatoms. The number of rotatable bonds is 7. The van der Waals surface area contributed by atoms with Gasteiger partial charge >= 0.3 is 0 Å². The molecule has 2 aromatic rings. The second-order valence-corrected chi connectivity index (χ2v) is 6.46. The van der Waals surface area contributed by atoms with Crippen molar-refractivity contribution in [1.82, 2.24) is 15.1 Å². The lowest BCUT2D eigenvalue weighted by Gasteiger charge is -2.18. The molecule has 0 bridgehead atoms. The van der Waals surface area contributed by atoms with Gasteiger partial charge in [-0.05, 0) is 24.0 Å². The van der Waals surface area contributed by atoms with Gasteiger partial charge in [0.2, 0.25) is 0 Å². The maximum atomic E-state index is 12.3. The van der Waals surface area contributed by atoms with Crippen molar-refractivity contribution < 1.29 is 4.79 Å². The fourth-order valence-electron chi connectivity index (χ4n) is 2.42. The van der Waals surface area contributed by atoms with Crippen molar-refractivity contribution in [1.29, 1.82) is 0 Å². The first kappa shape index (κ1) is 20.5. The number of carbonyl (C=O) groups is 1. The van der Waals surface area contributed by atoms with E-state index in [9.17, 15) is 4.79 Å². The first-order valence-electron chi connectivity index (χ1n) is 7.76. The average molecular weight is 371 g/mol. The molecule has 5 nitrogen and oxygen atoms in total. The van der Waals surface area contributed by atoms with E-state index in [0.29, 0.717) is 29.6 Å². The van der Waals surface area contributed by atoms with Gasteiger partial charge in [-0.2, -0.15) is 5.10 Å². The highest BCUT2D eigenvalue weighted by Crippen LogP contribution is 2.16. The number of nitrogens with zero attached hydrogens (tertiary/aromatic N) is 2. The van der Waals surface area contributed by atoms with Crippen LogP contribution < -0.4 is 11.1 Å². The van der Waals surface area contributed by atoms with Crippen molar-refractivity contribution in [2.24, 2.45) is 11.7 Å². The molecule has 1 unspecified atom stereocenters. The third-order valence-corrected chi connectivity index (χ3v) is 3.93. The van der Waals surface area contributed by atoms with Crippen molar-refractivity contribution in [3.8, 4) is 0 Å². The second kappa shape index (κ2) is 9.67. The van der Waals surface area contributed by atoms with E-state index in [4.69, 9.17) is 17.3 Å². The van der Waals surface area contributed by atoms with Gasteiger partial charge in [0.25, 0.3) is 5.91 Å². The van der Waals surface area contributed by atoms with Crippen LogP contribution in [0.2, 0.25) is 5.02 Å². The van der Waals surface area contributed by atoms with Gasteiger partial charge in [-0.25, -0.2) is 0 Å². The van der Waals surface area contributed by atoms with Gasteiger partial charge in [-0.1, -0.05) is 43.6 Å². The standard InChI is InChI=1S/C17H23ClN4O.ClH/c1-12(2)7-15(8-19)21-17(23)14-9-20-22(11-14)10-13-5-3-4-6-16(13)18;/h3-6,9,11-12,15H,7-8,10,19H2,1-2H3,(H,21,23);1H. The second-order valence-electron chi connectivity index (χ2n) is 6.05. The van der Waals surface area contributed by atoms with E-state index >= 15 is 0 Å². The molecule has 1 atom stereocenters. The van der Waals surface area contributed by atoms with Crippen LogP contribution in [0, 0.1) is 5.92 Å². The van der Waals surface area contributed by atoms with Crippen LogP contribution in [0.3, 0.4) is 0 Å². The molecule has 0 saturated heterocycles. The Kier molecular flexibility index (Phi) is 8.25. The molecule has 1 heterocycles. The molecule has 0 fully saturated rings. The number of nitrogens with one attached hydrogen (secondary N) is 1. The van der Waals surface area contributed by atoms with Crippen molar-refractivity contribution in [2.45, 2.75) is 32.9 Å². The van der Waals surface area contributed by atoms with Gasteiger partial charge in [0.1, 0.15) is 0 Å². The van der Waals surface area contributed by atoms with Crippen LogP contribution in [0.1, 0.15) is 36.2 Å². The van der Waals surface area contributed by atoms with Crippen LogP contribution in [-0.4, -0.2) is 28.3 Å². The molecular formula is C17H24Cl2N4O. The predicted octanol–water partition coefficient (Wildman–Crippen LogP) is 3.11. The van der Waals surface area contributed by atoms with Crippen molar-refractivity contribution in [3.05, 3.63) is 52.8 Å². The molecule has 1 aromatic carbocycles. The molecule has 0 aliphatic carbocycles. The lowest BCUT2D eigenvalue weighted by Crippen LogP contribution is -2.40. The third-order valence-electron chi connectivity index (χ3n) is 3.56. The largest absolute Gasteiger partial charge is 0.348 e. The molecule has 0 spiro atoms. The van der Waals surface area contributed by atoms with Crippen molar-refractivity contribution >= 4 is 29.9 Å². The van der Waals surface area contributed by atoms with Crippen molar-refractivity contribution in [3.63, 3.8) is 0 Å². The zero-order valence-electron chi connectivity index (χ0n) is 13.9. The van der Waals surface area contributed by atoms with E-state index in [1.54, 1.807) is 17.1 Å². The topological polar surface area (TPSA) is 72.9 Å². The number of nitrogens with two attached hydrogens (primary N) is 1. The predicted molar refractivity (Wildman–Crippen MR) is 99.8 cm³/mol. The Labute approximate surface area is 154 Å². The van der Waals surface area contributed by atoms with Crippen LogP contribution in [0.25, 0.3) is 0 Å². The third kappa shape index (κ3) is 5.82. The van der Waals surface area contributed by atoms with Gasteiger partial charge in [-0.3, -0.25) is 9.48 Å². The maximum absolute atomic E-state index is 12.3. The summed E-state index contributed by atoms with van der Waals surface area (Å²) in [5, 5.41) is 7.88. The molecule has 24 heavy (non-hydrogen) atoms. The SMILES string of the molecule is CC(C)CC(CN)NC(=O)c1cnn(Cc2ccccc2Cl)c1.Cl.